The van der Waals surface area contributed by atoms with E-state index in [2.05, 4.69) is 4.90 Å². The zero-order chi connectivity index (χ0) is 15.7. The van der Waals surface area contributed by atoms with Crippen molar-refractivity contribution in [2.45, 2.75) is 56.8 Å². The summed E-state index contributed by atoms with van der Waals surface area (Å²) in [5.74, 6) is 1.26. The zero-order valence-electron chi connectivity index (χ0n) is 13.7. The number of likely N-dealkylation sites (tertiary alicyclic amines) is 2. The van der Waals surface area contributed by atoms with Crippen molar-refractivity contribution in [2.24, 2.45) is 0 Å². The van der Waals surface area contributed by atoms with E-state index in [1.807, 2.05) is 17.0 Å². The van der Waals surface area contributed by atoms with Crippen LogP contribution in [0.25, 0.3) is 0 Å². The molecule has 1 amide bonds. The average Bonchev–Trinajstić information content (AvgIpc) is 3.31. The van der Waals surface area contributed by atoms with Crippen molar-refractivity contribution in [3.63, 3.8) is 0 Å². The van der Waals surface area contributed by atoms with E-state index in [-0.39, 0.29) is 17.6 Å². The molecule has 23 heavy (non-hydrogen) atoms. The Morgan fingerprint density at radius 3 is 2.65 bits per heavy atom. The Labute approximate surface area is 137 Å². The average molecular weight is 318 g/mol. The van der Waals surface area contributed by atoms with E-state index in [1.165, 1.54) is 0 Å². The van der Waals surface area contributed by atoms with Gasteiger partial charge in [0.25, 0.3) is 5.91 Å². The van der Waals surface area contributed by atoms with Crippen molar-refractivity contribution in [2.75, 3.05) is 26.2 Å². The quantitative estimate of drug-likeness (QED) is 0.858. The highest BCUT2D eigenvalue weighted by molar-refractivity contribution is 5.81. The van der Waals surface area contributed by atoms with Crippen LogP contribution in [0.5, 0.6) is 0 Å². The molecule has 0 bridgehead atoms. The molecule has 1 spiro atoms. The second-order valence-corrected chi connectivity index (χ2v) is 7.22. The molecule has 1 unspecified atom stereocenters. The van der Waals surface area contributed by atoms with Crippen LogP contribution in [0.2, 0.25) is 0 Å². The first kappa shape index (κ1) is 15.2. The Bertz CT molecular complexity index is 528. The number of furan rings is 1. The predicted octanol–water partition coefficient (Wildman–Crippen LogP) is 2.42. The summed E-state index contributed by atoms with van der Waals surface area (Å²) in [6.07, 6.45) is 7.81. The zero-order valence-corrected chi connectivity index (χ0v) is 13.7. The fourth-order valence-electron chi connectivity index (χ4n) is 4.24. The molecule has 0 N–H and O–H groups in total. The lowest BCUT2D eigenvalue weighted by Crippen LogP contribution is -2.45. The largest absolute Gasteiger partial charge is 0.468 e. The molecule has 0 aromatic carbocycles. The number of carbonyl (C=O) groups excluding carboxylic acids is 1. The van der Waals surface area contributed by atoms with Crippen LogP contribution in [0.4, 0.5) is 0 Å². The van der Waals surface area contributed by atoms with Crippen molar-refractivity contribution in [3.05, 3.63) is 24.2 Å². The lowest BCUT2D eigenvalue weighted by Gasteiger charge is -2.38. The molecular weight excluding hydrogens is 292 g/mol. The van der Waals surface area contributed by atoms with Crippen LogP contribution in [-0.4, -0.2) is 53.6 Å². The summed E-state index contributed by atoms with van der Waals surface area (Å²) in [4.78, 5) is 16.9. The maximum absolute atomic E-state index is 12.5. The molecule has 1 aromatic rings. The highest BCUT2D eigenvalue weighted by atomic mass is 16.5. The van der Waals surface area contributed by atoms with Crippen LogP contribution in [0.1, 0.15) is 44.3 Å². The van der Waals surface area contributed by atoms with Gasteiger partial charge in [-0.05, 0) is 50.7 Å². The molecule has 0 aliphatic carbocycles. The molecule has 3 aliphatic heterocycles. The van der Waals surface area contributed by atoms with Gasteiger partial charge in [0.05, 0.1) is 18.4 Å². The van der Waals surface area contributed by atoms with Gasteiger partial charge < -0.3 is 14.1 Å². The lowest BCUT2D eigenvalue weighted by molar-refractivity contribution is -0.150. The molecule has 3 fully saturated rings. The first-order chi connectivity index (χ1) is 11.2. The summed E-state index contributed by atoms with van der Waals surface area (Å²) in [6.45, 7) is 4.75. The van der Waals surface area contributed by atoms with Crippen molar-refractivity contribution >= 4 is 5.91 Å². The molecule has 0 saturated carbocycles. The Hall–Kier alpha value is -1.33. The third kappa shape index (κ3) is 3.17. The monoisotopic (exact) mass is 318 g/mol. The van der Waals surface area contributed by atoms with Crippen molar-refractivity contribution in [1.29, 1.82) is 0 Å². The molecular formula is C18H26N2O3. The standard InChI is InChI=1S/C18H26N2O3/c21-17(20-9-1-2-10-20)16-5-6-18(23-16)7-11-19(12-8-18)14-15-4-3-13-22-15/h3-4,13,16H,1-2,5-12,14H2. The molecule has 1 atom stereocenters. The van der Waals surface area contributed by atoms with Crippen LogP contribution >= 0.6 is 0 Å². The van der Waals surface area contributed by atoms with Crippen LogP contribution in [0.3, 0.4) is 0 Å². The van der Waals surface area contributed by atoms with Crippen LogP contribution < -0.4 is 0 Å². The Balaban J connectivity index is 1.30. The maximum Gasteiger partial charge on any atom is 0.251 e. The predicted molar refractivity (Wildman–Crippen MR) is 85.9 cm³/mol. The lowest BCUT2D eigenvalue weighted by atomic mass is 9.88. The minimum atomic E-state index is -0.190. The number of hydrogen-bond donors (Lipinski definition) is 0. The first-order valence-corrected chi connectivity index (χ1v) is 8.96. The minimum absolute atomic E-state index is 0.0558. The van der Waals surface area contributed by atoms with Gasteiger partial charge in [-0.25, -0.2) is 0 Å². The van der Waals surface area contributed by atoms with Crippen molar-refractivity contribution in [1.82, 2.24) is 9.80 Å². The molecule has 4 rings (SSSR count). The molecule has 5 heteroatoms. The number of hydrogen-bond acceptors (Lipinski definition) is 4. The smallest absolute Gasteiger partial charge is 0.251 e. The summed E-state index contributed by atoms with van der Waals surface area (Å²) in [6, 6.07) is 3.97. The van der Waals surface area contributed by atoms with Crippen molar-refractivity contribution in [3.8, 4) is 0 Å². The third-order valence-corrected chi connectivity index (χ3v) is 5.67. The van der Waals surface area contributed by atoms with Gasteiger partial charge in [-0.2, -0.15) is 0 Å². The molecule has 3 saturated heterocycles. The summed E-state index contributed by atoms with van der Waals surface area (Å²) in [7, 11) is 0. The summed E-state index contributed by atoms with van der Waals surface area (Å²) in [5, 5.41) is 0. The van der Waals surface area contributed by atoms with Gasteiger partial charge >= 0.3 is 0 Å². The fourth-order valence-corrected chi connectivity index (χ4v) is 4.24. The molecule has 4 heterocycles. The van der Waals surface area contributed by atoms with Gasteiger partial charge in [0.15, 0.2) is 0 Å². The van der Waals surface area contributed by atoms with Gasteiger partial charge in [-0.1, -0.05) is 0 Å². The van der Waals surface area contributed by atoms with E-state index in [1.54, 1.807) is 6.26 Å². The molecule has 0 radical (unpaired) electrons. The van der Waals surface area contributed by atoms with Gasteiger partial charge in [0, 0.05) is 26.2 Å². The fraction of sp³-hybridized carbons (Fsp3) is 0.722. The van der Waals surface area contributed by atoms with Crippen molar-refractivity contribution < 1.29 is 13.9 Å². The van der Waals surface area contributed by atoms with Crippen LogP contribution in [0.15, 0.2) is 22.8 Å². The second-order valence-electron chi connectivity index (χ2n) is 7.22. The number of piperidine rings is 1. The van der Waals surface area contributed by atoms with Gasteiger partial charge in [-0.15, -0.1) is 0 Å². The number of carbonyl (C=O) groups is 1. The third-order valence-electron chi connectivity index (χ3n) is 5.67. The van der Waals surface area contributed by atoms with Crippen LogP contribution in [0, 0.1) is 0 Å². The van der Waals surface area contributed by atoms with Crippen LogP contribution in [-0.2, 0) is 16.1 Å². The Morgan fingerprint density at radius 1 is 1.17 bits per heavy atom. The topological polar surface area (TPSA) is 45.9 Å². The molecule has 126 valence electrons. The van der Waals surface area contributed by atoms with Gasteiger partial charge in [-0.3, -0.25) is 9.69 Å². The number of amides is 1. The van der Waals surface area contributed by atoms with Gasteiger partial charge in [0.1, 0.15) is 11.9 Å². The minimum Gasteiger partial charge on any atom is -0.468 e. The number of rotatable bonds is 3. The maximum atomic E-state index is 12.5. The Morgan fingerprint density at radius 2 is 1.96 bits per heavy atom. The van der Waals surface area contributed by atoms with E-state index in [0.717, 1.165) is 77.0 Å². The summed E-state index contributed by atoms with van der Waals surface area (Å²) in [5.41, 5.74) is -0.0558. The Kier molecular flexibility index (Phi) is 4.16. The highest BCUT2D eigenvalue weighted by Gasteiger charge is 2.45. The number of ether oxygens (including phenoxy) is 1. The van der Waals surface area contributed by atoms with E-state index in [9.17, 15) is 4.79 Å². The second kappa shape index (κ2) is 6.29. The number of nitrogens with zero attached hydrogens (tertiary/aromatic N) is 2. The summed E-state index contributed by atoms with van der Waals surface area (Å²) >= 11 is 0. The van der Waals surface area contributed by atoms with E-state index in [0.29, 0.717) is 0 Å². The van der Waals surface area contributed by atoms with E-state index in [4.69, 9.17) is 9.15 Å². The molecule has 3 aliphatic rings. The molecule has 5 nitrogen and oxygen atoms in total. The van der Waals surface area contributed by atoms with E-state index < -0.39 is 0 Å². The first-order valence-electron chi connectivity index (χ1n) is 8.96. The van der Waals surface area contributed by atoms with E-state index >= 15 is 0 Å². The normalized spacial score (nSPS) is 27.8. The molecule has 1 aromatic heterocycles. The summed E-state index contributed by atoms with van der Waals surface area (Å²) < 4.78 is 11.7. The SMILES string of the molecule is O=C(C1CCC2(CCN(Cc3ccco3)CC2)O1)N1CCCC1. The van der Waals surface area contributed by atoms with Gasteiger partial charge in [0.2, 0.25) is 0 Å². The highest BCUT2D eigenvalue weighted by Crippen LogP contribution is 2.39.